The summed E-state index contributed by atoms with van der Waals surface area (Å²) in [4.78, 5) is 29.8. The number of carbonyl (C=O) groups excluding carboxylic acids is 1. The minimum absolute atomic E-state index is 0.116. The number of hydrogen-bond donors (Lipinski definition) is 2. The molecule has 0 aliphatic carbocycles. The number of likely N-dealkylation sites (N-methyl/N-ethyl adjacent to an activating group) is 1. The average Bonchev–Trinajstić information content (AvgIpc) is 2.59. The third kappa shape index (κ3) is 3.66. The zero-order valence-corrected chi connectivity index (χ0v) is 15.1. The number of nitrogens with zero attached hydrogens (tertiary/aromatic N) is 2. The van der Waals surface area contributed by atoms with E-state index in [1.54, 1.807) is 19.2 Å². The van der Waals surface area contributed by atoms with E-state index in [1.165, 1.54) is 35.0 Å². The zero-order chi connectivity index (χ0) is 18.7. The van der Waals surface area contributed by atoms with E-state index in [0.29, 0.717) is 27.6 Å². The molecule has 0 bridgehead atoms. The van der Waals surface area contributed by atoms with Crippen LogP contribution in [0.15, 0.2) is 52.6 Å². The number of benzene rings is 1. The number of aromatic carboxylic acids is 1. The standard InChI is InChI=1S/C18H19N3O3S/c1-10-5-6-12(18(23)24)7-14(10)15-8-13(9-19)16(20-11(2)25-4)21(3)17(15)22/h5-9H,2,19H2,1,3-4H3,(H,23,24)/b13-9-,20-16+. The van der Waals surface area contributed by atoms with Crippen LogP contribution < -0.4 is 5.73 Å². The normalized spacial score (nSPS) is 17.8. The van der Waals surface area contributed by atoms with Crippen molar-refractivity contribution < 1.29 is 14.7 Å². The van der Waals surface area contributed by atoms with Crippen molar-refractivity contribution in [1.82, 2.24) is 4.90 Å². The molecule has 0 saturated heterocycles. The molecule has 1 aromatic carbocycles. The molecule has 0 unspecified atom stereocenters. The molecule has 25 heavy (non-hydrogen) atoms. The minimum Gasteiger partial charge on any atom is -0.478 e. The van der Waals surface area contributed by atoms with Crippen molar-refractivity contribution in [2.45, 2.75) is 6.92 Å². The van der Waals surface area contributed by atoms with Crippen LogP contribution in [-0.4, -0.2) is 41.0 Å². The zero-order valence-electron chi connectivity index (χ0n) is 14.2. The highest BCUT2D eigenvalue weighted by atomic mass is 32.2. The second-order valence-corrected chi connectivity index (χ2v) is 6.29. The van der Waals surface area contributed by atoms with Crippen LogP contribution in [0.4, 0.5) is 0 Å². The summed E-state index contributed by atoms with van der Waals surface area (Å²) in [5, 5.41) is 9.76. The van der Waals surface area contributed by atoms with Gasteiger partial charge in [0.2, 0.25) is 0 Å². The fourth-order valence-electron chi connectivity index (χ4n) is 2.42. The maximum atomic E-state index is 12.8. The first kappa shape index (κ1) is 18.5. The van der Waals surface area contributed by atoms with Crippen LogP contribution in [0, 0.1) is 6.92 Å². The highest BCUT2D eigenvalue weighted by Crippen LogP contribution is 2.29. The first-order valence-corrected chi connectivity index (χ1v) is 8.60. The lowest BCUT2D eigenvalue weighted by atomic mass is 9.93. The quantitative estimate of drug-likeness (QED) is 0.863. The van der Waals surface area contributed by atoms with E-state index < -0.39 is 5.97 Å². The van der Waals surface area contributed by atoms with Gasteiger partial charge in [-0.2, -0.15) is 0 Å². The summed E-state index contributed by atoms with van der Waals surface area (Å²) in [5.74, 6) is -0.932. The smallest absolute Gasteiger partial charge is 0.335 e. The monoisotopic (exact) mass is 357 g/mol. The molecule has 3 N–H and O–H groups in total. The highest BCUT2D eigenvalue weighted by Gasteiger charge is 2.29. The molecule has 1 aromatic rings. The molecule has 7 heteroatoms. The molecule has 1 heterocycles. The summed E-state index contributed by atoms with van der Waals surface area (Å²) < 4.78 is 0. The number of hydrogen-bond acceptors (Lipinski definition) is 5. The van der Waals surface area contributed by atoms with Gasteiger partial charge in [-0.05, 0) is 42.5 Å². The molecule has 6 nitrogen and oxygen atoms in total. The van der Waals surface area contributed by atoms with Crippen molar-refractivity contribution >= 4 is 35.0 Å². The summed E-state index contributed by atoms with van der Waals surface area (Å²) in [6.45, 7) is 5.62. The van der Waals surface area contributed by atoms with Gasteiger partial charge in [0.25, 0.3) is 5.91 Å². The van der Waals surface area contributed by atoms with Crippen LogP contribution in [0.2, 0.25) is 0 Å². The number of carboxylic acids is 1. The van der Waals surface area contributed by atoms with Crippen molar-refractivity contribution in [3.05, 3.63) is 64.3 Å². The van der Waals surface area contributed by atoms with Gasteiger partial charge in [0.1, 0.15) is 5.84 Å². The maximum Gasteiger partial charge on any atom is 0.335 e. The van der Waals surface area contributed by atoms with Crippen molar-refractivity contribution in [2.75, 3.05) is 13.3 Å². The van der Waals surface area contributed by atoms with Gasteiger partial charge in [-0.15, -0.1) is 11.8 Å². The number of carbonyl (C=O) groups is 2. The number of aliphatic imine (C=N–C) groups is 1. The molecular formula is C18H19N3O3S. The summed E-state index contributed by atoms with van der Waals surface area (Å²) in [5.41, 5.74) is 8.12. The number of amidine groups is 1. The van der Waals surface area contributed by atoms with Crippen LogP contribution in [0.1, 0.15) is 21.5 Å². The fourth-order valence-corrected chi connectivity index (χ4v) is 2.59. The van der Waals surface area contributed by atoms with Crippen molar-refractivity contribution in [1.29, 1.82) is 0 Å². The Morgan fingerprint density at radius 1 is 1.44 bits per heavy atom. The van der Waals surface area contributed by atoms with Gasteiger partial charge in [0.05, 0.1) is 10.6 Å². The van der Waals surface area contributed by atoms with Gasteiger partial charge in [0, 0.05) is 24.4 Å². The maximum absolute atomic E-state index is 12.8. The van der Waals surface area contributed by atoms with E-state index in [-0.39, 0.29) is 11.5 Å². The largest absolute Gasteiger partial charge is 0.478 e. The SMILES string of the molecule is C=C(/N=C1\C(=C/N)C=C(c2cc(C(=O)O)ccc2C)C(=O)N1C)SC. The van der Waals surface area contributed by atoms with Gasteiger partial charge in [-0.3, -0.25) is 9.69 Å². The predicted molar refractivity (Wildman–Crippen MR) is 101 cm³/mol. The first-order chi connectivity index (χ1) is 11.8. The summed E-state index contributed by atoms with van der Waals surface area (Å²) in [6.07, 6.45) is 4.83. The van der Waals surface area contributed by atoms with Crippen LogP contribution in [0.3, 0.4) is 0 Å². The number of aryl methyl sites for hydroxylation is 1. The number of amides is 1. The molecular weight excluding hydrogens is 338 g/mol. The molecule has 0 fully saturated rings. The lowest BCUT2D eigenvalue weighted by molar-refractivity contribution is -0.120. The molecule has 1 amide bonds. The summed E-state index contributed by atoms with van der Waals surface area (Å²) in [6, 6.07) is 4.68. The van der Waals surface area contributed by atoms with Gasteiger partial charge >= 0.3 is 5.97 Å². The lowest BCUT2D eigenvalue weighted by Crippen LogP contribution is -2.38. The Kier molecular flexibility index (Phi) is 5.48. The minimum atomic E-state index is -1.05. The van der Waals surface area contributed by atoms with E-state index in [0.717, 1.165) is 5.56 Å². The Morgan fingerprint density at radius 2 is 2.12 bits per heavy atom. The number of thioether (sulfide) groups is 1. The van der Waals surface area contributed by atoms with E-state index in [2.05, 4.69) is 11.6 Å². The van der Waals surface area contributed by atoms with Crippen molar-refractivity contribution in [3.63, 3.8) is 0 Å². The second kappa shape index (κ2) is 7.40. The molecule has 2 rings (SSSR count). The molecule has 1 aliphatic heterocycles. The average molecular weight is 357 g/mol. The fraction of sp³-hybridized carbons (Fsp3) is 0.167. The Bertz CT molecular complexity index is 853. The molecule has 130 valence electrons. The van der Waals surface area contributed by atoms with Gasteiger partial charge in [-0.25, -0.2) is 9.79 Å². The third-order valence-corrected chi connectivity index (χ3v) is 4.39. The molecule has 0 saturated carbocycles. The van der Waals surface area contributed by atoms with Crippen LogP contribution in [0.25, 0.3) is 5.57 Å². The Morgan fingerprint density at radius 3 is 2.68 bits per heavy atom. The second-order valence-electron chi connectivity index (χ2n) is 5.41. The van der Waals surface area contributed by atoms with E-state index in [9.17, 15) is 14.7 Å². The predicted octanol–water partition coefficient (Wildman–Crippen LogP) is 2.62. The summed E-state index contributed by atoms with van der Waals surface area (Å²) in [7, 11) is 1.60. The molecule has 0 aromatic heterocycles. The summed E-state index contributed by atoms with van der Waals surface area (Å²) >= 11 is 1.37. The number of carboxylic acid groups (broad SMARTS) is 1. The topological polar surface area (TPSA) is 96.0 Å². The number of rotatable bonds is 4. The Balaban J connectivity index is 2.63. The van der Waals surface area contributed by atoms with E-state index >= 15 is 0 Å². The Labute approximate surface area is 150 Å². The van der Waals surface area contributed by atoms with Gasteiger partial charge in [-0.1, -0.05) is 12.6 Å². The Hall–Kier alpha value is -2.80. The van der Waals surface area contributed by atoms with E-state index in [4.69, 9.17) is 5.73 Å². The van der Waals surface area contributed by atoms with Crippen molar-refractivity contribution in [3.8, 4) is 0 Å². The van der Waals surface area contributed by atoms with Gasteiger partial charge in [0.15, 0.2) is 0 Å². The highest BCUT2D eigenvalue weighted by molar-refractivity contribution is 8.02. The van der Waals surface area contributed by atoms with Crippen LogP contribution >= 0.6 is 11.8 Å². The van der Waals surface area contributed by atoms with Crippen LogP contribution in [-0.2, 0) is 4.79 Å². The lowest BCUT2D eigenvalue weighted by Gasteiger charge is -2.27. The molecule has 1 aliphatic rings. The molecule has 0 radical (unpaired) electrons. The number of nitrogens with two attached hydrogens (primary N) is 1. The van der Waals surface area contributed by atoms with Crippen LogP contribution in [0.5, 0.6) is 0 Å². The van der Waals surface area contributed by atoms with Crippen molar-refractivity contribution in [2.24, 2.45) is 10.7 Å². The first-order valence-electron chi connectivity index (χ1n) is 7.38. The van der Waals surface area contributed by atoms with E-state index in [1.807, 2.05) is 13.2 Å². The third-order valence-electron chi connectivity index (χ3n) is 3.83. The van der Waals surface area contributed by atoms with Gasteiger partial charge < -0.3 is 10.8 Å². The molecule has 0 atom stereocenters. The molecule has 0 spiro atoms.